The van der Waals surface area contributed by atoms with E-state index in [4.69, 9.17) is 9.47 Å². The van der Waals surface area contributed by atoms with Crippen LogP contribution < -0.4 is 5.32 Å². The molecule has 90 valence electrons. The minimum Gasteiger partial charge on any atom is -0.376 e. The SMILES string of the molecule is CC(C)NCc1nc(COC2COC2)cs1. The smallest absolute Gasteiger partial charge is 0.107 e. The zero-order valence-corrected chi connectivity index (χ0v) is 10.5. The Morgan fingerprint density at radius 3 is 3.06 bits per heavy atom. The molecule has 0 radical (unpaired) electrons. The van der Waals surface area contributed by atoms with Gasteiger partial charge < -0.3 is 14.8 Å². The van der Waals surface area contributed by atoms with Gasteiger partial charge in [0.15, 0.2) is 0 Å². The highest BCUT2D eigenvalue weighted by molar-refractivity contribution is 7.09. The quantitative estimate of drug-likeness (QED) is 0.822. The molecule has 0 spiro atoms. The summed E-state index contributed by atoms with van der Waals surface area (Å²) in [5.41, 5.74) is 1.03. The lowest BCUT2D eigenvalue weighted by Crippen LogP contribution is -2.35. The average Bonchev–Trinajstić information content (AvgIpc) is 2.60. The van der Waals surface area contributed by atoms with Gasteiger partial charge in [-0.1, -0.05) is 13.8 Å². The predicted octanol–water partition coefficient (Wildman–Crippen LogP) is 1.56. The molecular formula is C11H18N2O2S. The molecule has 0 aromatic carbocycles. The van der Waals surface area contributed by atoms with Gasteiger partial charge in [0.2, 0.25) is 0 Å². The van der Waals surface area contributed by atoms with Gasteiger partial charge in [-0.15, -0.1) is 11.3 Å². The summed E-state index contributed by atoms with van der Waals surface area (Å²) in [5.74, 6) is 0. The van der Waals surface area contributed by atoms with Crippen LogP contribution in [0.2, 0.25) is 0 Å². The number of rotatable bonds is 6. The van der Waals surface area contributed by atoms with Crippen molar-refractivity contribution in [3.63, 3.8) is 0 Å². The van der Waals surface area contributed by atoms with Crippen molar-refractivity contribution in [2.24, 2.45) is 0 Å². The molecule has 0 bridgehead atoms. The van der Waals surface area contributed by atoms with Crippen molar-refractivity contribution in [3.8, 4) is 0 Å². The molecule has 2 rings (SSSR count). The Morgan fingerprint density at radius 1 is 1.62 bits per heavy atom. The molecule has 0 atom stereocenters. The zero-order chi connectivity index (χ0) is 11.4. The summed E-state index contributed by atoms with van der Waals surface area (Å²) in [6.45, 7) is 7.17. The summed E-state index contributed by atoms with van der Waals surface area (Å²) in [5, 5.41) is 6.54. The molecule has 16 heavy (non-hydrogen) atoms. The van der Waals surface area contributed by atoms with Gasteiger partial charge in [-0.25, -0.2) is 4.98 Å². The lowest BCUT2D eigenvalue weighted by Gasteiger charge is -2.25. The first kappa shape index (κ1) is 12.0. The third kappa shape index (κ3) is 3.52. The second-order valence-corrected chi connectivity index (χ2v) is 5.18. The van der Waals surface area contributed by atoms with Crippen LogP contribution >= 0.6 is 11.3 Å². The molecule has 1 fully saturated rings. The van der Waals surface area contributed by atoms with Crippen LogP contribution in [0, 0.1) is 0 Å². The average molecular weight is 242 g/mol. The lowest BCUT2D eigenvalue weighted by atomic mass is 10.3. The lowest BCUT2D eigenvalue weighted by molar-refractivity contribution is -0.135. The minimum atomic E-state index is 0.277. The molecule has 0 aliphatic carbocycles. The molecule has 4 nitrogen and oxygen atoms in total. The molecule has 1 N–H and O–H groups in total. The normalized spacial score (nSPS) is 16.7. The Kier molecular flexibility index (Phi) is 4.29. The van der Waals surface area contributed by atoms with Crippen molar-refractivity contribution < 1.29 is 9.47 Å². The minimum absolute atomic E-state index is 0.277. The second-order valence-electron chi connectivity index (χ2n) is 4.24. The number of thiazole rings is 1. The van der Waals surface area contributed by atoms with E-state index in [0.717, 1.165) is 30.5 Å². The van der Waals surface area contributed by atoms with Gasteiger partial charge in [-0.2, -0.15) is 0 Å². The molecule has 1 aliphatic heterocycles. The van der Waals surface area contributed by atoms with E-state index in [0.29, 0.717) is 12.6 Å². The Hall–Kier alpha value is -0.490. The second kappa shape index (κ2) is 5.72. The summed E-state index contributed by atoms with van der Waals surface area (Å²) in [4.78, 5) is 4.50. The van der Waals surface area contributed by atoms with Gasteiger partial charge in [0.05, 0.1) is 25.5 Å². The predicted molar refractivity (Wildman–Crippen MR) is 63.5 cm³/mol. The largest absolute Gasteiger partial charge is 0.376 e. The van der Waals surface area contributed by atoms with Crippen LogP contribution in [0.25, 0.3) is 0 Å². The topological polar surface area (TPSA) is 43.4 Å². The van der Waals surface area contributed by atoms with Crippen molar-refractivity contribution in [1.29, 1.82) is 0 Å². The molecule has 1 aromatic rings. The van der Waals surface area contributed by atoms with Gasteiger partial charge in [-0.05, 0) is 0 Å². The van der Waals surface area contributed by atoms with Crippen molar-refractivity contribution in [2.45, 2.75) is 39.1 Å². The van der Waals surface area contributed by atoms with Crippen molar-refractivity contribution >= 4 is 11.3 Å². The van der Waals surface area contributed by atoms with E-state index in [1.807, 2.05) is 0 Å². The van der Waals surface area contributed by atoms with E-state index in [1.165, 1.54) is 0 Å². The number of nitrogens with one attached hydrogen (secondary N) is 1. The maximum atomic E-state index is 5.60. The maximum Gasteiger partial charge on any atom is 0.107 e. The Bertz CT molecular complexity index is 324. The third-order valence-electron chi connectivity index (χ3n) is 2.34. The summed E-state index contributed by atoms with van der Waals surface area (Å²) < 4.78 is 10.6. The van der Waals surface area contributed by atoms with E-state index in [1.54, 1.807) is 11.3 Å². The van der Waals surface area contributed by atoms with E-state index < -0.39 is 0 Å². The van der Waals surface area contributed by atoms with Gasteiger partial charge in [0.1, 0.15) is 11.1 Å². The van der Waals surface area contributed by atoms with Crippen LogP contribution in [0.4, 0.5) is 0 Å². The fraction of sp³-hybridized carbons (Fsp3) is 0.727. The summed E-state index contributed by atoms with van der Waals surface area (Å²) in [6, 6.07) is 0.496. The first-order valence-corrected chi connectivity index (χ1v) is 6.48. The van der Waals surface area contributed by atoms with Crippen LogP contribution in [0.1, 0.15) is 24.5 Å². The molecule has 1 aromatic heterocycles. The van der Waals surface area contributed by atoms with Crippen molar-refractivity contribution in [3.05, 3.63) is 16.1 Å². The monoisotopic (exact) mass is 242 g/mol. The number of hydrogen-bond acceptors (Lipinski definition) is 5. The van der Waals surface area contributed by atoms with E-state index >= 15 is 0 Å². The summed E-state index contributed by atoms with van der Waals surface area (Å²) >= 11 is 1.68. The summed E-state index contributed by atoms with van der Waals surface area (Å²) in [7, 11) is 0. The van der Waals surface area contributed by atoms with Crippen LogP contribution in [0.3, 0.4) is 0 Å². The molecule has 5 heteroatoms. The Balaban J connectivity index is 1.73. The van der Waals surface area contributed by atoms with E-state index in [2.05, 4.69) is 29.5 Å². The van der Waals surface area contributed by atoms with Crippen LogP contribution in [-0.2, 0) is 22.6 Å². The van der Waals surface area contributed by atoms with Gasteiger partial charge in [0.25, 0.3) is 0 Å². The van der Waals surface area contributed by atoms with Crippen LogP contribution in [0.15, 0.2) is 5.38 Å². The third-order valence-corrected chi connectivity index (χ3v) is 3.23. The number of ether oxygens (including phenoxy) is 2. The first-order valence-electron chi connectivity index (χ1n) is 5.60. The fourth-order valence-corrected chi connectivity index (χ4v) is 2.03. The van der Waals surface area contributed by atoms with Crippen molar-refractivity contribution in [1.82, 2.24) is 10.3 Å². The molecule has 1 aliphatic rings. The van der Waals surface area contributed by atoms with E-state index in [-0.39, 0.29) is 6.10 Å². The maximum absolute atomic E-state index is 5.60. The highest BCUT2D eigenvalue weighted by atomic mass is 32.1. The molecule has 0 unspecified atom stereocenters. The highest BCUT2D eigenvalue weighted by Crippen LogP contribution is 2.13. The molecule has 2 heterocycles. The summed E-state index contributed by atoms with van der Waals surface area (Å²) in [6.07, 6.45) is 0.277. The van der Waals surface area contributed by atoms with Crippen molar-refractivity contribution in [2.75, 3.05) is 13.2 Å². The molecular weight excluding hydrogens is 224 g/mol. The Morgan fingerprint density at radius 2 is 2.44 bits per heavy atom. The fourth-order valence-electron chi connectivity index (χ4n) is 1.30. The molecule has 0 amide bonds. The van der Waals surface area contributed by atoms with E-state index in [9.17, 15) is 0 Å². The number of nitrogens with zero attached hydrogens (tertiary/aromatic N) is 1. The first-order chi connectivity index (χ1) is 7.74. The highest BCUT2D eigenvalue weighted by Gasteiger charge is 2.19. The van der Waals surface area contributed by atoms with Gasteiger partial charge >= 0.3 is 0 Å². The van der Waals surface area contributed by atoms with Crippen LogP contribution in [0.5, 0.6) is 0 Å². The van der Waals surface area contributed by atoms with Gasteiger partial charge in [0, 0.05) is 18.0 Å². The van der Waals surface area contributed by atoms with Gasteiger partial charge in [-0.3, -0.25) is 0 Å². The zero-order valence-electron chi connectivity index (χ0n) is 9.73. The Labute approximate surface area is 100.0 Å². The molecule has 1 saturated heterocycles. The molecule has 0 saturated carbocycles. The van der Waals surface area contributed by atoms with Crippen LogP contribution in [-0.4, -0.2) is 30.3 Å². The standard InChI is InChI=1S/C11H18N2O2S/c1-8(2)12-3-11-13-9(7-16-11)4-15-10-5-14-6-10/h7-8,10,12H,3-6H2,1-2H3. The number of hydrogen-bond donors (Lipinski definition) is 1. The number of aromatic nitrogens is 1.